The highest BCUT2D eigenvalue weighted by molar-refractivity contribution is 5.78. The number of alkyl halides is 3. The van der Waals surface area contributed by atoms with Crippen LogP contribution in [0, 0.1) is 0 Å². The van der Waals surface area contributed by atoms with Gasteiger partial charge >= 0.3 is 6.18 Å². The van der Waals surface area contributed by atoms with Crippen LogP contribution >= 0.6 is 0 Å². The number of rotatable bonds is 5. The van der Waals surface area contributed by atoms with Crippen LogP contribution in [0.2, 0.25) is 0 Å². The lowest BCUT2D eigenvalue weighted by Gasteiger charge is -2.20. The van der Waals surface area contributed by atoms with Crippen molar-refractivity contribution in [1.29, 1.82) is 0 Å². The van der Waals surface area contributed by atoms with E-state index < -0.39 is 17.6 Å². The number of benzene rings is 2. The van der Waals surface area contributed by atoms with Gasteiger partial charge in [0.1, 0.15) is 5.75 Å². The van der Waals surface area contributed by atoms with Crippen molar-refractivity contribution >= 4 is 5.91 Å². The number of hydrogen-bond acceptors (Lipinski definition) is 2. The Morgan fingerprint density at radius 2 is 1.67 bits per heavy atom. The number of halogens is 3. The van der Waals surface area contributed by atoms with Crippen LogP contribution in [-0.4, -0.2) is 12.5 Å². The van der Waals surface area contributed by atoms with E-state index in [1.807, 2.05) is 31.2 Å². The molecule has 2 rings (SSSR count). The molecule has 0 heterocycles. The maximum absolute atomic E-state index is 12.7. The number of ether oxygens (including phenoxy) is 1. The first-order valence-electron chi connectivity index (χ1n) is 8.66. The monoisotopic (exact) mass is 379 g/mol. The van der Waals surface area contributed by atoms with Crippen LogP contribution < -0.4 is 10.1 Å². The molecule has 1 amide bonds. The molecule has 0 aliphatic carbocycles. The van der Waals surface area contributed by atoms with Crippen molar-refractivity contribution < 1.29 is 22.7 Å². The van der Waals surface area contributed by atoms with E-state index in [1.54, 1.807) is 0 Å². The van der Waals surface area contributed by atoms with Crippen LogP contribution in [-0.2, 0) is 16.4 Å². The predicted octanol–water partition coefficient (Wildman–Crippen LogP) is 5.26. The summed E-state index contributed by atoms with van der Waals surface area (Å²) in [5.41, 5.74) is 1.37. The minimum absolute atomic E-state index is 0.00200. The quantitative estimate of drug-likeness (QED) is 0.770. The largest absolute Gasteiger partial charge is 0.484 e. The van der Waals surface area contributed by atoms with Crippen molar-refractivity contribution in [3.63, 3.8) is 0 Å². The topological polar surface area (TPSA) is 38.3 Å². The summed E-state index contributed by atoms with van der Waals surface area (Å²) < 4.78 is 43.3. The Labute approximate surface area is 157 Å². The van der Waals surface area contributed by atoms with Crippen LogP contribution in [0.3, 0.4) is 0 Å². The number of carbonyl (C=O) groups is 1. The Kier molecular flexibility index (Phi) is 6.19. The first-order chi connectivity index (χ1) is 12.5. The van der Waals surface area contributed by atoms with Crippen molar-refractivity contribution in [2.75, 3.05) is 6.61 Å². The van der Waals surface area contributed by atoms with Crippen LogP contribution in [0.1, 0.15) is 50.4 Å². The molecule has 0 fully saturated rings. The van der Waals surface area contributed by atoms with Crippen LogP contribution in [0.15, 0.2) is 48.5 Å². The van der Waals surface area contributed by atoms with Crippen molar-refractivity contribution in [2.45, 2.75) is 45.3 Å². The lowest BCUT2D eigenvalue weighted by molar-refractivity contribution is -0.137. The van der Waals surface area contributed by atoms with Crippen molar-refractivity contribution in [3.05, 3.63) is 65.2 Å². The average molecular weight is 379 g/mol. The number of nitrogens with one attached hydrogen (secondary N) is 1. The van der Waals surface area contributed by atoms with Gasteiger partial charge in [0.05, 0.1) is 11.6 Å². The maximum Gasteiger partial charge on any atom is 0.416 e. The lowest BCUT2D eigenvalue weighted by atomic mass is 9.86. The van der Waals surface area contributed by atoms with E-state index in [0.29, 0.717) is 0 Å². The molecular weight excluding hydrogens is 355 g/mol. The second-order valence-electron chi connectivity index (χ2n) is 7.48. The Balaban J connectivity index is 1.92. The highest BCUT2D eigenvalue weighted by atomic mass is 19.4. The van der Waals surface area contributed by atoms with E-state index >= 15 is 0 Å². The molecule has 0 spiro atoms. The number of hydrogen-bond donors (Lipinski definition) is 1. The molecule has 1 atom stereocenters. The molecule has 146 valence electrons. The fourth-order valence-corrected chi connectivity index (χ4v) is 2.55. The Hall–Kier alpha value is -2.50. The van der Waals surface area contributed by atoms with Gasteiger partial charge < -0.3 is 10.1 Å². The molecule has 0 unspecified atom stereocenters. The third-order valence-electron chi connectivity index (χ3n) is 4.19. The molecule has 1 N–H and O–H groups in total. The summed E-state index contributed by atoms with van der Waals surface area (Å²) in [7, 11) is 0. The summed E-state index contributed by atoms with van der Waals surface area (Å²) in [6, 6.07) is 12.2. The van der Waals surface area contributed by atoms with Gasteiger partial charge in [0.2, 0.25) is 0 Å². The molecule has 0 aromatic heterocycles. The Morgan fingerprint density at radius 1 is 1.04 bits per heavy atom. The summed E-state index contributed by atoms with van der Waals surface area (Å²) in [5.74, 6) is -0.401. The summed E-state index contributed by atoms with van der Waals surface area (Å²) in [6.45, 7) is 7.86. The molecule has 0 saturated carbocycles. The zero-order chi connectivity index (χ0) is 20.2. The molecule has 0 radical (unpaired) electrons. The zero-order valence-electron chi connectivity index (χ0n) is 15.9. The minimum atomic E-state index is -4.45. The fourth-order valence-electron chi connectivity index (χ4n) is 2.55. The maximum atomic E-state index is 12.7. The van der Waals surface area contributed by atoms with Gasteiger partial charge in [0, 0.05) is 0 Å². The van der Waals surface area contributed by atoms with Crippen molar-refractivity contribution in [2.24, 2.45) is 0 Å². The van der Waals surface area contributed by atoms with Gasteiger partial charge in [-0.15, -0.1) is 0 Å². The molecule has 27 heavy (non-hydrogen) atoms. The van der Waals surface area contributed by atoms with Crippen molar-refractivity contribution in [3.8, 4) is 5.75 Å². The summed E-state index contributed by atoms with van der Waals surface area (Å²) >= 11 is 0. The van der Waals surface area contributed by atoms with Gasteiger partial charge in [-0.05, 0) is 41.7 Å². The van der Waals surface area contributed by atoms with Crippen LogP contribution in [0.4, 0.5) is 13.2 Å². The molecule has 0 aliphatic heterocycles. The molecule has 2 aromatic carbocycles. The van der Waals surface area contributed by atoms with Crippen molar-refractivity contribution in [1.82, 2.24) is 5.32 Å². The van der Waals surface area contributed by atoms with E-state index in [0.717, 1.165) is 17.7 Å². The van der Waals surface area contributed by atoms with Gasteiger partial charge in [-0.2, -0.15) is 13.2 Å². The van der Waals surface area contributed by atoms with E-state index in [-0.39, 0.29) is 23.8 Å². The first kappa shape index (κ1) is 20.8. The molecule has 0 bridgehead atoms. The standard InChI is InChI=1S/C21H24F3NO2/c1-14(15-8-10-16(11-9-15)20(2,3)4)25-19(26)13-27-18-7-5-6-17(12-18)21(22,23)24/h5-12,14H,13H2,1-4H3,(H,25,26)/t14-/m0/s1. The number of amides is 1. The molecular formula is C21H24F3NO2. The normalized spacial score (nSPS) is 13.1. The highest BCUT2D eigenvalue weighted by Crippen LogP contribution is 2.31. The van der Waals surface area contributed by atoms with Gasteiger partial charge in [-0.1, -0.05) is 51.1 Å². The zero-order valence-corrected chi connectivity index (χ0v) is 15.9. The van der Waals surface area contributed by atoms with E-state index in [2.05, 4.69) is 26.1 Å². The smallest absolute Gasteiger partial charge is 0.416 e. The summed E-state index contributed by atoms with van der Waals surface area (Å²) in [4.78, 5) is 12.0. The molecule has 3 nitrogen and oxygen atoms in total. The lowest BCUT2D eigenvalue weighted by Crippen LogP contribution is -2.31. The minimum Gasteiger partial charge on any atom is -0.484 e. The van der Waals surface area contributed by atoms with E-state index in [1.165, 1.54) is 17.7 Å². The Morgan fingerprint density at radius 3 is 2.22 bits per heavy atom. The predicted molar refractivity (Wildman–Crippen MR) is 98.6 cm³/mol. The highest BCUT2D eigenvalue weighted by Gasteiger charge is 2.30. The van der Waals surface area contributed by atoms with Gasteiger partial charge in [0.25, 0.3) is 5.91 Å². The number of carbonyl (C=O) groups excluding carboxylic acids is 1. The van der Waals surface area contributed by atoms with Gasteiger partial charge in [0.15, 0.2) is 6.61 Å². The van der Waals surface area contributed by atoms with Gasteiger partial charge in [-0.25, -0.2) is 0 Å². The summed E-state index contributed by atoms with van der Waals surface area (Å²) in [5, 5.41) is 2.78. The molecule has 0 aliphatic rings. The molecule has 2 aromatic rings. The third-order valence-corrected chi connectivity index (χ3v) is 4.19. The molecule has 0 saturated heterocycles. The average Bonchev–Trinajstić information content (AvgIpc) is 2.59. The van der Waals surface area contributed by atoms with Crippen LogP contribution in [0.5, 0.6) is 5.75 Å². The fraction of sp³-hybridized carbons (Fsp3) is 0.381. The summed E-state index contributed by atoms with van der Waals surface area (Å²) in [6.07, 6.45) is -4.45. The SMILES string of the molecule is C[C@H](NC(=O)COc1cccc(C(F)(F)F)c1)c1ccc(C(C)(C)C)cc1. The van der Waals surface area contributed by atoms with E-state index in [4.69, 9.17) is 4.74 Å². The van der Waals surface area contributed by atoms with E-state index in [9.17, 15) is 18.0 Å². The Bertz CT molecular complexity index is 777. The van der Waals surface area contributed by atoms with Gasteiger partial charge in [-0.3, -0.25) is 4.79 Å². The van der Waals surface area contributed by atoms with Crippen LogP contribution in [0.25, 0.3) is 0 Å². The first-order valence-corrected chi connectivity index (χ1v) is 8.66. The molecule has 6 heteroatoms. The third kappa shape index (κ3) is 6.01. The second-order valence-corrected chi connectivity index (χ2v) is 7.48. The second kappa shape index (κ2) is 8.03.